The lowest BCUT2D eigenvalue weighted by molar-refractivity contribution is 0.0797. The standard InChI is InChI=1S/C22H32N2O2/c1-4-5-12-22(25)18-23(14-15-26-3)17-21-11-8-13-24(21)16-20-10-7-6-9-19(20)2/h4,6-11,13,22,25H,1,5,12,14-18H2,2-3H3. The Balaban J connectivity index is 2.04. The number of hydrogen-bond donors (Lipinski definition) is 1. The summed E-state index contributed by atoms with van der Waals surface area (Å²) in [6.45, 7) is 9.66. The molecule has 1 aromatic carbocycles. The predicted octanol–water partition coefficient (Wildman–Crippen LogP) is 3.62. The van der Waals surface area contributed by atoms with Gasteiger partial charge in [-0.2, -0.15) is 0 Å². The van der Waals surface area contributed by atoms with Crippen LogP contribution in [0.5, 0.6) is 0 Å². The number of nitrogens with zero attached hydrogens (tertiary/aromatic N) is 2. The minimum atomic E-state index is -0.343. The molecule has 0 bridgehead atoms. The lowest BCUT2D eigenvalue weighted by atomic mass is 10.1. The van der Waals surface area contributed by atoms with Crippen LogP contribution in [0.4, 0.5) is 0 Å². The van der Waals surface area contributed by atoms with Crippen LogP contribution in [-0.4, -0.2) is 47.5 Å². The summed E-state index contributed by atoms with van der Waals surface area (Å²) in [6, 6.07) is 12.8. The Bertz CT molecular complexity index is 666. The number of aryl methyl sites for hydroxylation is 1. The molecule has 0 spiro atoms. The van der Waals surface area contributed by atoms with E-state index in [1.165, 1.54) is 16.8 Å². The van der Waals surface area contributed by atoms with E-state index in [-0.39, 0.29) is 6.10 Å². The fourth-order valence-corrected chi connectivity index (χ4v) is 3.10. The van der Waals surface area contributed by atoms with E-state index in [1.54, 1.807) is 7.11 Å². The molecule has 1 unspecified atom stereocenters. The molecule has 0 aliphatic carbocycles. The molecule has 0 aliphatic heterocycles. The van der Waals surface area contributed by atoms with Gasteiger partial charge in [0.05, 0.1) is 12.7 Å². The Labute approximate surface area is 157 Å². The van der Waals surface area contributed by atoms with Crippen LogP contribution in [0.15, 0.2) is 55.3 Å². The molecule has 0 saturated heterocycles. The molecular formula is C22H32N2O2. The van der Waals surface area contributed by atoms with Crippen molar-refractivity contribution >= 4 is 0 Å². The van der Waals surface area contributed by atoms with E-state index in [0.29, 0.717) is 13.2 Å². The van der Waals surface area contributed by atoms with Gasteiger partial charge < -0.3 is 14.4 Å². The zero-order valence-corrected chi connectivity index (χ0v) is 16.1. The van der Waals surface area contributed by atoms with Crippen molar-refractivity contribution in [3.63, 3.8) is 0 Å². The lowest BCUT2D eigenvalue weighted by Crippen LogP contribution is -2.35. The molecule has 0 saturated carbocycles. The van der Waals surface area contributed by atoms with Crippen molar-refractivity contribution < 1.29 is 9.84 Å². The van der Waals surface area contributed by atoms with Gasteiger partial charge in [-0.3, -0.25) is 4.90 Å². The molecule has 1 aromatic heterocycles. The number of benzene rings is 1. The minimum Gasteiger partial charge on any atom is -0.392 e. The highest BCUT2D eigenvalue weighted by Gasteiger charge is 2.14. The largest absolute Gasteiger partial charge is 0.392 e. The van der Waals surface area contributed by atoms with Crippen molar-refractivity contribution in [3.05, 3.63) is 72.1 Å². The maximum atomic E-state index is 10.3. The summed E-state index contributed by atoms with van der Waals surface area (Å²) < 4.78 is 7.54. The molecule has 4 nitrogen and oxygen atoms in total. The first kappa shape index (κ1) is 20.4. The van der Waals surface area contributed by atoms with Crippen LogP contribution in [0.25, 0.3) is 0 Å². The Kier molecular flexibility index (Phi) is 8.62. The Hall–Kier alpha value is -1.88. The first-order valence-electron chi connectivity index (χ1n) is 9.32. The third-order valence-electron chi connectivity index (χ3n) is 4.70. The number of allylic oxidation sites excluding steroid dienone is 1. The van der Waals surface area contributed by atoms with E-state index in [2.05, 4.69) is 65.6 Å². The smallest absolute Gasteiger partial charge is 0.0670 e. The van der Waals surface area contributed by atoms with Gasteiger partial charge in [-0.05, 0) is 43.0 Å². The fourth-order valence-electron chi connectivity index (χ4n) is 3.10. The fraction of sp³-hybridized carbons (Fsp3) is 0.455. The number of aliphatic hydroxyl groups excluding tert-OH is 1. The summed E-state index contributed by atoms with van der Waals surface area (Å²) in [5.41, 5.74) is 3.89. The molecule has 0 amide bonds. The highest BCUT2D eigenvalue weighted by atomic mass is 16.5. The third kappa shape index (κ3) is 6.45. The number of aromatic nitrogens is 1. The molecule has 142 valence electrons. The molecular weight excluding hydrogens is 324 g/mol. The van der Waals surface area contributed by atoms with Gasteiger partial charge in [0, 0.05) is 45.2 Å². The van der Waals surface area contributed by atoms with Gasteiger partial charge in [-0.1, -0.05) is 30.3 Å². The summed E-state index contributed by atoms with van der Waals surface area (Å²) in [7, 11) is 1.72. The maximum absolute atomic E-state index is 10.3. The summed E-state index contributed by atoms with van der Waals surface area (Å²) >= 11 is 0. The quantitative estimate of drug-likeness (QED) is 0.590. The summed E-state index contributed by atoms with van der Waals surface area (Å²) in [5.74, 6) is 0. The van der Waals surface area contributed by atoms with Crippen LogP contribution in [0.2, 0.25) is 0 Å². The van der Waals surface area contributed by atoms with E-state index < -0.39 is 0 Å². The Morgan fingerprint density at radius 3 is 2.81 bits per heavy atom. The summed E-state index contributed by atoms with van der Waals surface area (Å²) in [6.07, 6.45) is 5.23. The van der Waals surface area contributed by atoms with Crippen LogP contribution in [0, 0.1) is 6.92 Å². The minimum absolute atomic E-state index is 0.343. The normalized spacial score (nSPS) is 12.5. The Morgan fingerprint density at radius 1 is 1.27 bits per heavy atom. The molecule has 0 fully saturated rings. The van der Waals surface area contributed by atoms with Crippen LogP contribution < -0.4 is 0 Å². The first-order chi connectivity index (χ1) is 12.6. The number of aliphatic hydroxyl groups is 1. The molecule has 1 atom stereocenters. The van der Waals surface area contributed by atoms with E-state index in [4.69, 9.17) is 4.74 Å². The van der Waals surface area contributed by atoms with Gasteiger partial charge in [0.2, 0.25) is 0 Å². The van der Waals surface area contributed by atoms with Crippen LogP contribution >= 0.6 is 0 Å². The predicted molar refractivity (Wildman–Crippen MR) is 107 cm³/mol. The molecule has 26 heavy (non-hydrogen) atoms. The molecule has 2 rings (SSSR count). The first-order valence-corrected chi connectivity index (χ1v) is 9.32. The zero-order chi connectivity index (χ0) is 18.8. The van der Waals surface area contributed by atoms with E-state index in [1.807, 2.05) is 6.08 Å². The molecule has 0 radical (unpaired) electrons. The lowest BCUT2D eigenvalue weighted by Gasteiger charge is -2.25. The van der Waals surface area contributed by atoms with E-state index in [0.717, 1.165) is 32.5 Å². The number of ether oxygens (including phenoxy) is 1. The molecule has 2 aromatic rings. The third-order valence-corrected chi connectivity index (χ3v) is 4.70. The van der Waals surface area contributed by atoms with Crippen molar-refractivity contribution in [2.45, 2.75) is 39.0 Å². The number of hydrogen-bond acceptors (Lipinski definition) is 3. The van der Waals surface area contributed by atoms with Gasteiger partial charge >= 0.3 is 0 Å². The van der Waals surface area contributed by atoms with Crippen LogP contribution in [0.1, 0.15) is 29.7 Å². The van der Waals surface area contributed by atoms with Crippen LogP contribution in [0.3, 0.4) is 0 Å². The molecule has 4 heteroatoms. The van der Waals surface area contributed by atoms with Crippen molar-refractivity contribution in [2.75, 3.05) is 26.8 Å². The van der Waals surface area contributed by atoms with Gasteiger partial charge in [0.1, 0.15) is 0 Å². The second-order valence-electron chi connectivity index (χ2n) is 6.80. The SMILES string of the molecule is C=CCCC(O)CN(CCOC)Cc1cccn1Cc1ccccc1C. The topological polar surface area (TPSA) is 37.6 Å². The molecule has 1 N–H and O–H groups in total. The van der Waals surface area contributed by atoms with Gasteiger partial charge in [-0.25, -0.2) is 0 Å². The molecule has 1 heterocycles. The van der Waals surface area contributed by atoms with Crippen molar-refractivity contribution in [2.24, 2.45) is 0 Å². The maximum Gasteiger partial charge on any atom is 0.0670 e. The average Bonchev–Trinajstić information content (AvgIpc) is 3.06. The van der Waals surface area contributed by atoms with Crippen molar-refractivity contribution in [3.8, 4) is 0 Å². The van der Waals surface area contributed by atoms with Crippen LogP contribution in [-0.2, 0) is 17.8 Å². The molecule has 0 aliphatic rings. The number of rotatable bonds is 12. The summed E-state index contributed by atoms with van der Waals surface area (Å²) in [5, 5.41) is 10.3. The van der Waals surface area contributed by atoms with Gasteiger partial charge in [-0.15, -0.1) is 6.58 Å². The van der Waals surface area contributed by atoms with Crippen molar-refractivity contribution in [1.82, 2.24) is 9.47 Å². The van der Waals surface area contributed by atoms with E-state index >= 15 is 0 Å². The number of methoxy groups -OCH3 is 1. The second-order valence-corrected chi connectivity index (χ2v) is 6.80. The van der Waals surface area contributed by atoms with Gasteiger partial charge in [0.25, 0.3) is 0 Å². The summed E-state index contributed by atoms with van der Waals surface area (Å²) in [4.78, 5) is 2.26. The zero-order valence-electron chi connectivity index (χ0n) is 16.1. The van der Waals surface area contributed by atoms with E-state index in [9.17, 15) is 5.11 Å². The highest BCUT2D eigenvalue weighted by molar-refractivity contribution is 5.26. The monoisotopic (exact) mass is 356 g/mol. The average molecular weight is 357 g/mol. The highest BCUT2D eigenvalue weighted by Crippen LogP contribution is 2.14. The van der Waals surface area contributed by atoms with Crippen molar-refractivity contribution in [1.29, 1.82) is 0 Å². The van der Waals surface area contributed by atoms with Gasteiger partial charge in [0.15, 0.2) is 0 Å². The Morgan fingerprint density at radius 2 is 2.08 bits per heavy atom. The second kappa shape index (κ2) is 11.0.